The smallest absolute Gasteiger partial charge is 0.249 e. The minimum absolute atomic E-state index is 0.0168. The van der Waals surface area contributed by atoms with Crippen molar-refractivity contribution in [1.29, 1.82) is 0 Å². The van der Waals surface area contributed by atoms with E-state index in [2.05, 4.69) is 24.1 Å². The molecule has 1 N–H and O–H groups in total. The second-order valence-corrected chi connectivity index (χ2v) is 4.99. The number of ether oxygens (including phenoxy) is 1. The van der Waals surface area contributed by atoms with E-state index in [0.717, 1.165) is 18.5 Å². The Hall–Kier alpha value is -1.42. The lowest BCUT2D eigenvalue weighted by molar-refractivity contribution is -0.131. The van der Waals surface area contributed by atoms with Crippen molar-refractivity contribution >= 4 is 5.91 Å². The molecule has 98 valence electrons. The molecular weight excluding hydrogens is 228 g/mol. The summed E-state index contributed by atoms with van der Waals surface area (Å²) < 4.78 is 5.40. The van der Waals surface area contributed by atoms with Crippen molar-refractivity contribution in [2.24, 2.45) is 5.92 Å². The first-order valence-corrected chi connectivity index (χ1v) is 6.51. The summed E-state index contributed by atoms with van der Waals surface area (Å²) in [5.41, 5.74) is 0.902. The van der Waals surface area contributed by atoms with E-state index < -0.39 is 0 Å². The minimum atomic E-state index is -0.282. The maximum atomic E-state index is 12.1. The molecule has 0 aromatic carbocycles. The van der Waals surface area contributed by atoms with Gasteiger partial charge < -0.3 is 10.1 Å². The number of carbonyl (C=O) groups excluding carboxylic acids is 1. The Balaban J connectivity index is 2.05. The van der Waals surface area contributed by atoms with Crippen LogP contribution in [-0.4, -0.2) is 23.6 Å². The van der Waals surface area contributed by atoms with Crippen molar-refractivity contribution in [3.8, 4) is 0 Å². The number of aromatic nitrogens is 1. The van der Waals surface area contributed by atoms with Crippen LogP contribution in [0.2, 0.25) is 0 Å². The van der Waals surface area contributed by atoms with E-state index in [0.29, 0.717) is 12.5 Å². The molecule has 1 fully saturated rings. The Morgan fingerprint density at radius 2 is 2.33 bits per heavy atom. The lowest BCUT2D eigenvalue weighted by Gasteiger charge is -2.23. The molecule has 2 rings (SSSR count). The van der Waals surface area contributed by atoms with Crippen molar-refractivity contribution in [2.75, 3.05) is 6.61 Å². The number of rotatable bonds is 4. The first-order chi connectivity index (χ1) is 8.68. The topological polar surface area (TPSA) is 51.2 Å². The number of pyridine rings is 1. The predicted molar refractivity (Wildman–Crippen MR) is 68.9 cm³/mol. The number of nitrogens with one attached hydrogen (secondary N) is 1. The van der Waals surface area contributed by atoms with Crippen LogP contribution in [0.25, 0.3) is 0 Å². The molecule has 4 nitrogen and oxygen atoms in total. The van der Waals surface area contributed by atoms with Crippen LogP contribution in [0.4, 0.5) is 0 Å². The SMILES string of the molecule is CC(C)[C@H](NC(=O)[C@H]1CCCO1)c1ccccn1. The fourth-order valence-corrected chi connectivity index (χ4v) is 2.17. The zero-order valence-corrected chi connectivity index (χ0v) is 10.9. The summed E-state index contributed by atoms with van der Waals surface area (Å²) >= 11 is 0. The van der Waals surface area contributed by atoms with Gasteiger partial charge in [0.25, 0.3) is 0 Å². The quantitative estimate of drug-likeness (QED) is 0.887. The normalized spacial score (nSPS) is 20.9. The van der Waals surface area contributed by atoms with Crippen molar-refractivity contribution in [3.63, 3.8) is 0 Å². The highest BCUT2D eigenvalue weighted by Crippen LogP contribution is 2.21. The third-order valence-electron chi connectivity index (χ3n) is 3.19. The Morgan fingerprint density at radius 3 is 2.89 bits per heavy atom. The van der Waals surface area contributed by atoms with E-state index in [9.17, 15) is 4.79 Å². The summed E-state index contributed by atoms with van der Waals surface area (Å²) in [6, 6.07) is 5.71. The van der Waals surface area contributed by atoms with E-state index in [1.54, 1.807) is 6.20 Å². The van der Waals surface area contributed by atoms with E-state index in [1.807, 2.05) is 18.2 Å². The van der Waals surface area contributed by atoms with E-state index in [-0.39, 0.29) is 18.1 Å². The number of amides is 1. The van der Waals surface area contributed by atoms with Crippen LogP contribution in [0.3, 0.4) is 0 Å². The van der Waals surface area contributed by atoms with Crippen LogP contribution in [0.15, 0.2) is 24.4 Å². The van der Waals surface area contributed by atoms with E-state index >= 15 is 0 Å². The van der Waals surface area contributed by atoms with Crippen molar-refractivity contribution < 1.29 is 9.53 Å². The Labute approximate surface area is 108 Å². The number of carbonyl (C=O) groups is 1. The summed E-state index contributed by atoms with van der Waals surface area (Å²) in [4.78, 5) is 16.4. The second-order valence-electron chi connectivity index (χ2n) is 4.99. The lowest BCUT2D eigenvalue weighted by Crippen LogP contribution is -2.39. The molecule has 1 saturated heterocycles. The predicted octanol–water partition coefficient (Wildman–Crippen LogP) is 2.07. The first kappa shape index (κ1) is 13.0. The molecule has 0 aliphatic carbocycles. The standard InChI is InChI=1S/C14H20N2O2/c1-10(2)13(11-6-3-4-8-15-11)16-14(17)12-7-5-9-18-12/h3-4,6,8,10,12-13H,5,7,9H2,1-2H3,(H,16,17)/t12-,13+/m1/s1. The molecule has 2 heterocycles. The average Bonchev–Trinajstić information content (AvgIpc) is 2.90. The molecule has 0 unspecified atom stereocenters. The summed E-state index contributed by atoms with van der Waals surface area (Å²) in [5, 5.41) is 3.05. The fraction of sp³-hybridized carbons (Fsp3) is 0.571. The maximum absolute atomic E-state index is 12.1. The highest BCUT2D eigenvalue weighted by molar-refractivity contribution is 5.81. The second kappa shape index (κ2) is 5.96. The van der Waals surface area contributed by atoms with Gasteiger partial charge in [-0.05, 0) is 30.9 Å². The zero-order valence-electron chi connectivity index (χ0n) is 10.9. The van der Waals surface area contributed by atoms with Gasteiger partial charge in [-0.2, -0.15) is 0 Å². The average molecular weight is 248 g/mol. The largest absolute Gasteiger partial charge is 0.368 e. The summed E-state index contributed by atoms with van der Waals surface area (Å²) in [6.07, 6.45) is 3.26. The molecule has 1 aromatic heterocycles. The maximum Gasteiger partial charge on any atom is 0.249 e. The van der Waals surface area contributed by atoms with Crippen molar-refractivity contribution in [3.05, 3.63) is 30.1 Å². The number of hydrogen-bond donors (Lipinski definition) is 1. The van der Waals surface area contributed by atoms with Crippen LogP contribution in [0, 0.1) is 5.92 Å². The van der Waals surface area contributed by atoms with Crippen LogP contribution >= 0.6 is 0 Å². The molecular formula is C14H20N2O2. The molecule has 0 spiro atoms. The first-order valence-electron chi connectivity index (χ1n) is 6.51. The van der Waals surface area contributed by atoms with Crippen molar-refractivity contribution in [2.45, 2.75) is 38.8 Å². The van der Waals surface area contributed by atoms with Gasteiger partial charge in [0.2, 0.25) is 5.91 Å². The van der Waals surface area contributed by atoms with Gasteiger partial charge >= 0.3 is 0 Å². The van der Waals surface area contributed by atoms with Gasteiger partial charge in [0.15, 0.2) is 0 Å². The molecule has 0 bridgehead atoms. The van der Waals surface area contributed by atoms with Crippen LogP contribution < -0.4 is 5.32 Å². The Kier molecular flexibility index (Phi) is 4.31. The molecule has 0 radical (unpaired) electrons. The van der Waals surface area contributed by atoms with E-state index in [4.69, 9.17) is 4.74 Å². The Bertz CT molecular complexity index is 386. The highest BCUT2D eigenvalue weighted by atomic mass is 16.5. The van der Waals surface area contributed by atoms with Gasteiger partial charge in [-0.15, -0.1) is 0 Å². The molecule has 1 aromatic rings. The molecule has 4 heteroatoms. The molecule has 1 aliphatic rings. The minimum Gasteiger partial charge on any atom is -0.368 e. The Morgan fingerprint density at radius 1 is 1.50 bits per heavy atom. The summed E-state index contributed by atoms with van der Waals surface area (Å²) in [5.74, 6) is 0.280. The molecule has 18 heavy (non-hydrogen) atoms. The number of nitrogens with zero attached hydrogens (tertiary/aromatic N) is 1. The van der Waals surface area contributed by atoms with Gasteiger partial charge in [0.05, 0.1) is 11.7 Å². The van der Waals surface area contributed by atoms with Gasteiger partial charge in [0, 0.05) is 12.8 Å². The highest BCUT2D eigenvalue weighted by Gasteiger charge is 2.27. The van der Waals surface area contributed by atoms with Crippen molar-refractivity contribution in [1.82, 2.24) is 10.3 Å². The summed E-state index contributed by atoms with van der Waals surface area (Å²) in [6.45, 7) is 4.85. The van der Waals surface area contributed by atoms with Crippen LogP contribution in [-0.2, 0) is 9.53 Å². The molecule has 0 saturated carbocycles. The van der Waals surface area contributed by atoms with Gasteiger partial charge in [-0.3, -0.25) is 9.78 Å². The van der Waals surface area contributed by atoms with Crippen LogP contribution in [0.1, 0.15) is 38.4 Å². The van der Waals surface area contributed by atoms with Crippen LogP contribution in [0.5, 0.6) is 0 Å². The van der Waals surface area contributed by atoms with Gasteiger partial charge in [-0.1, -0.05) is 19.9 Å². The molecule has 1 aliphatic heterocycles. The van der Waals surface area contributed by atoms with Gasteiger partial charge in [-0.25, -0.2) is 0 Å². The summed E-state index contributed by atoms with van der Waals surface area (Å²) in [7, 11) is 0. The fourth-order valence-electron chi connectivity index (χ4n) is 2.17. The number of hydrogen-bond acceptors (Lipinski definition) is 3. The third kappa shape index (κ3) is 3.07. The van der Waals surface area contributed by atoms with Gasteiger partial charge in [0.1, 0.15) is 6.10 Å². The van der Waals surface area contributed by atoms with E-state index in [1.165, 1.54) is 0 Å². The molecule has 2 atom stereocenters. The monoisotopic (exact) mass is 248 g/mol. The molecule has 1 amide bonds. The zero-order chi connectivity index (χ0) is 13.0. The third-order valence-corrected chi connectivity index (χ3v) is 3.19. The lowest BCUT2D eigenvalue weighted by atomic mass is 10.00.